The summed E-state index contributed by atoms with van der Waals surface area (Å²) in [4.78, 5) is 10.5. The van der Waals surface area contributed by atoms with Crippen LogP contribution >= 0.6 is 15.9 Å². The van der Waals surface area contributed by atoms with Gasteiger partial charge in [0.25, 0.3) is 5.69 Å². The zero-order valence-corrected chi connectivity index (χ0v) is 14.0. The zero-order chi connectivity index (χ0) is 15.1. The number of halogens is 1. The molecule has 0 heterocycles. The van der Waals surface area contributed by atoms with E-state index in [-0.39, 0.29) is 10.6 Å². The van der Waals surface area contributed by atoms with E-state index < -0.39 is 0 Å². The van der Waals surface area contributed by atoms with E-state index in [0.717, 1.165) is 12.1 Å². The summed E-state index contributed by atoms with van der Waals surface area (Å²) in [5, 5.41) is 14.3. The van der Waals surface area contributed by atoms with Crippen LogP contribution in [0.15, 0.2) is 22.7 Å². The van der Waals surface area contributed by atoms with Gasteiger partial charge < -0.3 is 5.32 Å². The fraction of sp³-hybridized carbons (Fsp3) is 0.600. The molecule has 1 aromatic rings. The Kier molecular flexibility index (Phi) is 3.95. The molecule has 0 saturated heterocycles. The number of nitrogens with zero attached hydrogens (tertiary/aromatic N) is 1. The number of nitro benzene ring substituents is 1. The minimum absolute atomic E-state index is 0.122. The van der Waals surface area contributed by atoms with Crippen molar-refractivity contribution in [2.45, 2.75) is 34.2 Å². The monoisotopic (exact) mass is 340 g/mol. The lowest BCUT2D eigenvalue weighted by Gasteiger charge is -2.07. The van der Waals surface area contributed by atoms with Crippen LogP contribution in [0.2, 0.25) is 0 Å². The first-order valence-corrected chi connectivity index (χ1v) is 7.61. The van der Waals surface area contributed by atoms with Crippen LogP contribution in [0.25, 0.3) is 0 Å². The first-order valence-electron chi connectivity index (χ1n) is 6.81. The van der Waals surface area contributed by atoms with E-state index in [1.807, 2.05) is 6.07 Å². The van der Waals surface area contributed by atoms with Gasteiger partial charge in [0.15, 0.2) is 0 Å². The predicted molar refractivity (Wildman–Crippen MR) is 83.6 cm³/mol. The Balaban J connectivity index is 1.93. The maximum Gasteiger partial charge on any atom is 0.283 e. The summed E-state index contributed by atoms with van der Waals surface area (Å²) in [6.07, 6.45) is 0. The van der Waals surface area contributed by atoms with Crippen LogP contribution in [0.1, 0.15) is 33.3 Å². The molecule has 0 amide bonds. The second-order valence-electron chi connectivity index (χ2n) is 6.67. The number of hydrogen-bond donors (Lipinski definition) is 1. The van der Waals surface area contributed by atoms with Crippen molar-refractivity contribution in [1.82, 2.24) is 5.32 Å². The van der Waals surface area contributed by atoms with Gasteiger partial charge in [-0.3, -0.25) is 10.1 Å². The number of nitro groups is 1. The molecule has 1 fully saturated rings. The second-order valence-corrected chi connectivity index (χ2v) is 7.52. The molecule has 0 unspecified atom stereocenters. The first-order chi connectivity index (χ1) is 9.18. The van der Waals surface area contributed by atoms with Gasteiger partial charge in [-0.1, -0.05) is 33.8 Å². The minimum atomic E-state index is -0.360. The third-order valence-corrected chi connectivity index (χ3v) is 5.88. The predicted octanol–water partition coefficient (Wildman–Crippen LogP) is 4.13. The summed E-state index contributed by atoms with van der Waals surface area (Å²) in [7, 11) is 0. The van der Waals surface area contributed by atoms with Gasteiger partial charge >= 0.3 is 0 Å². The molecule has 0 bridgehead atoms. The van der Waals surface area contributed by atoms with Gasteiger partial charge in [-0.15, -0.1) is 0 Å². The Bertz CT molecular complexity index is 527. The minimum Gasteiger partial charge on any atom is -0.312 e. The fourth-order valence-corrected chi connectivity index (χ4v) is 3.40. The number of benzene rings is 1. The van der Waals surface area contributed by atoms with Crippen molar-refractivity contribution in [2.24, 2.45) is 16.7 Å². The van der Waals surface area contributed by atoms with E-state index in [1.54, 1.807) is 12.1 Å². The summed E-state index contributed by atoms with van der Waals surface area (Å²) in [6.45, 7) is 10.8. The lowest BCUT2D eigenvalue weighted by atomic mass is 10.0. The molecule has 0 spiro atoms. The van der Waals surface area contributed by atoms with Gasteiger partial charge in [0, 0.05) is 12.6 Å². The number of rotatable bonds is 5. The number of nitrogens with one attached hydrogen (secondary N) is 1. The molecule has 2 rings (SSSR count). The maximum absolute atomic E-state index is 10.9. The van der Waals surface area contributed by atoms with Gasteiger partial charge in [-0.2, -0.15) is 0 Å². The third-order valence-electron chi connectivity index (χ3n) is 5.20. The average molecular weight is 341 g/mol. The van der Waals surface area contributed by atoms with E-state index in [2.05, 4.69) is 48.9 Å². The van der Waals surface area contributed by atoms with Crippen molar-refractivity contribution >= 4 is 21.6 Å². The summed E-state index contributed by atoms with van der Waals surface area (Å²) >= 11 is 3.20. The van der Waals surface area contributed by atoms with Gasteiger partial charge in [-0.25, -0.2) is 0 Å². The van der Waals surface area contributed by atoms with Crippen molar-refractivity contribution in [3.63, 3.8) is 0 Å². The molecule has 0 aliphatic heterocycles. The lowest BCUT2D eigenvalue weighted by Crippen LogP contribution is -2.18. The molecular weight excluding hydrogens is 320 g/mol. The molecule has 1 N–H and O–H groups in total. The van der Waals surface area contributed by atoms with E-state index in [9.17, 15) is 10.1 Å². The zero-order valence-electron chi connectivity index (χ0n) is 12.4. The van der Waals surface area contributed by atoms with Crippen LogP contribution < -0.4 is 5.32 Å². The third kappa shape index (κ3) is 2.61. The Labute approximate surface area is 128 Å². The highest BCUT2D eigenvalue weighted by Crippen LogP contribution is 2.67. The van der Waals surface area contributed by atoms with Gasteiger partial charge in [0.05, 0.1) is 9.40 Å². The highest BCUT2D eigenvalue weighted by molar-refractivity contribution is 9.10. The molecule has 5 heteroatoms. The summed E-state index contributed by atoms with van der Waals surface area (Å²) in [6, 6.07) is 5.27. The quantitative estimate of drug-likeness (QED) is 0.647. The second kappa shape index (κ2) is 5.11. The van der Waals surface area contributed by atoms with Gasteiger partial charge in [-0.05, 0) is 50.9 Å². The molecule has 110 valence electrons. The van der Waals surface area contributed by atoms with Crippen molar-refractivity contribution < 1.29 is 4.92 Å². The average Bonchev–Trinajstić information content (AvgIpc) is 2.73. The number of hydrogen-bond acceptors (Lipinski definition) is 3. The SMILES string of the molecule is CC1(C)C(CNCc2ccc(Br)c([N+](=O)[O-])c2)C1(C)C. The molecular formula is C15H21BrN2O2. The van der Waals surface area contributed by atoms with Crippen LogP contribution in [0.4, 0.5) is 5.69 Å². The molecule has 1 aliphatic rings. The van der Waals surface area contributed by atoms with E-state index in [0.29, 0.717) is 27.8 Å². The standard InChI is InChI=1S/C15H21BrN2O2/c1-14(2)13(15(14,3)4)9-17-8-10-5-6-11(16)12(7-10)18(19)20/h5-7,13,17H,8-9H2,1-4H3. The van der Waals surface area contributed by atoms with Crippen LogP contribution in [-0.2, 0) is 6.54 Å². The molecule has 1 aliphatic carbocycles. The van der Waals surface area contributed by atoms with Crippen molar-refractivity contribution in [1.29, 1.82) is 0 Å². The Morgan fingerprint density at radius 3 is 2.40 bits per heavy atom. The van der Waals surface area contributed by atoms with Crippen LogP contribution in [0.5, 0.6) is 0 Å². The maximum atomic E-state index is 10.9. The lowest BCUT2D eigenvalue weighted by molar-refractivity contribution is -0.385. The fourth-order valence-electron chi connectivity index (χ4n) is 3.01. The van der Waals surface area contributed by atoms with Gasteiger partial charge in [0.1, 0.15) is 0 Å². The van der Waals surface area contributed by atoms with E-state index >= 15 is 0 Å². The Morgan fingerprint density at radius 2 is 1.90 bits per heavy atom. The van der Waals surface area contributed by atoms with Crippen molar-refractivity contribution in [3.8, 4) is 0 Å². The first kappa shape index (κ1) is 15.4. The molecule has 0 atom stereocenters. The van der Waals surface area contributed by atoms with E-state index in [4.69, 9.17) is 0 Å². The molecule has 4 nitrogen and oxygen atoms in total. The molecule has 0 aromatic heterocycles. The highest BCUT2D eigenvalue weighted by atomic mass is 79.9. The highest BCUT2D eigenvalue weighted by Gasteiger charge is 2.63. The Hall–Kier alpha value is -0.940. The van der Waals surface area contributed by atoms with E-state index in [1.165, 1.54) is 0 Å². The van der Waals surface area contributed by atoms with Crippen molar-refractivity contribution in [3.05, 3.63) is 38.3 Å². The molecule has 1 aromatic carbocycles. The summed E-state index contributed by atoms with van der Waals surface area (Å²) in [5.74, 6) is 0.653. The smallest absolute Gasteiger partial charge is 0.283 e. The molecule has 20 heavy (non-hydrogen) atoms. The summed E-state index contributed by atoms with van der Waals surface area (Å²) in [5.41, 5.74) is 1.80. The van der Waals surface area contributed by atoms with Gasteiger partial charge in [0.2, 0.25) is 0 Å². The largest absolute Gasteiger partial charge is 0.312 e. The topological polar surface area (TPSA) is 55.2 Å². The Morgan fingerprint density at radius 1 is 1.30 bits per heavy atom. The molecule has 1 saturated carbocycles. The molecule has 0 radical (unpaired) electrons. The summed E-state index contributed by atoms with van der Waals surface area (Å²) < 4.78 is 0.524. The normalized spacial score (nSPS) is 19.9. The van der Waals surface area contributed by atoms with Crippen molar-refractivity contribution in [2.75, 3.05) is 6.54 Å². The van der Waals surface area contributed by atoms with Crippen LogP contribution in [0, 0.1) is 26.9 Å². The van der Waals surface area contributed by atoms with Crippen LogP contribution in [0.3, 0.4) is 0 Å². The van der Waals surface area contributed by atoms with Crippen LogP contribution in [-0.4, -0.2) is 11.5 Å².